The normalized spacial score (nSPS) is 12.9. The molecule has 1 aliphatic heterocycles. The number of rotatable bonds is 7. The van der Waals surface area contributed by atoms with E-state index in [2.05, 4.69) is 16.7 Å². The Hall–Kier alpha value is -2.08. The molecular formula is C17H25N3O3. The summed E-state index contributed by atoms with van der Waals surface area (Å²) in [7, 11) is 0. The average Bonchev–Trinajstić information content (AvgIpc) is 2.96. The molecule has 0 fully saturated rings. The maximum atomic E-state index is 11.7. The third-order valence-corrected chi connectivity index (χ3v) is 3.83. The summed E-state index contributed by atoms with van der Waals surface area (Å²) in [6.07, 6.45) is 1.67. The molecule has 3 amide bonds. The van der Waals surface area contributed by atoms with Gasteiger partial charge < -0.3 is 20.3 Å². The summed E-state index contributed by atoms with van der Waals surface area (Å²) in [5, 5.41) is 5.65. The van der Waals surface area contributed by atoms with Crippen LogP contribution in [0.25, 0.3) is 0 Å². The van der Waals surface area contributed by atoms with Crippen molar-refractivity contribution < 1.29 is 14.3 Å². The Kier molecular flexibility index (Phi) is 6.40. The molecule has 0 aliphatic carbocycles. The van der Waals surface area contributed by atoms with Crippen molar-refractivity contribution in [3.05, 3.63) is 29.3 Å². The molecule has 0 unspecified atom stereocenters. The molecule has 2 rings (SSSR count). The van der Waals surface area contributed by atoms with Crippen molar-refractivity contribution in [2.45, 2.75) is 33.2 Å². The lowest BCUT2D eigenvalue weighted by Crippen LogP contribution is -2.35. The van der Waals surface area contributed by atoms with Gasteiger partial charge in [0.15, 0.2) is 0 Å². The molecule has 1 aromatic carbocycles. The van der Waals surface area contributed by atoms with Gasteiger partial charge in [0.05, 0.1) is 0 Å². The van der Waals surface area contributed by atoms with Gasteiger partial charge in [-0.1, -0.05) is 12.1 Å². The fourth-order valence-electron chi connectivity index (χ4n) is 2.66. The number of nitrogens with one attached hydrogen (secondary N) is 2. The van der Waals surface area contributed by atoms with E-state index in [9.17, 15) is 9.59 Å². The van der Waals surface area contributed by atoms with E-state index < -0.39 is 0 Å². The van der Waals surface area contributed by atoms with Crippen molar-refractivity contribution >= 4 is 17.6 Å². The van der Waals surface area contributed by atoms with E-state index in [1.165, 1.54) is 0 Å². The first-order valence-corrected chi connectivity index (χ1v) is 8.11. The van der Waals surface area contributed by atoms with Gasteiger partial charge in [0.1, 0.15) is 0 Å². The topological polar surface area (TPSA) is 70.7 Å². The Bertz CT molecular complexity index is 560. The summed E-state index contributed by atoms with van der Waals surface area (Å²) < 4.78 is 5.21. The second-order valence-electron chi connectivity index (χ2n) is 5.54. The van der Waals surface area contributed by atoms with Crippen LogP contribution in [0.15, 0.2) is 18.2 Å². The van der Waals surface area contributed by atoms with Crippen LogP contribution in [0.4, 0.5) is 10.5 Å². The number of amides is 3. The molecule has 0 spiro atoms. The maximum Gasteiger partial charge on any atom is 0.315 e. The molecule has 126 valence electrons. The number of ether oxygens (including phenoxy) is 1. The summed E-state index contributed by atoms with van der Waals surface area (Å²) in [5.41, 5.74) is 3.19. The largest absolute Gasteiger partial charge is 0.382 e. The highest BCUT2D eigenvalue weighted by atomic mass is 16.5. The van der Waals surface area contributed by atoms with Crippen molar-refractivity contribution in [2.75, 3.05) is 31.2 Å². The first-order valence-electron chi connectivity index (χ1n) is 8.11. The van der Waals surface area contributed by atoms with Crippen molar-refractivity contribution in [1.82, 2.24) is 10.6 Å². The Morgan fingerprint density at radius 3 is 2.87 bits per heavy atom. The van der Waals surface area contributed by atoms with Crippen LogP contribution in [0.1, 0.15) is 31.4 Å². The number of carbonyl (C=O) groups excluding carboxylic acids is 2. The zero-order valence-corrected chi connectivity index (χ0v) is 13.9. The fraction of sp³-hybridized carbons (Fsp3) is 0.529. The van der Waals surface area contributed by atoms with E-state index in [0.29, 0.717) is 26.3 Å². The summed E-state index contributed by atoms with van der Waals surface area (Å²) in [6, 6.07) is 5.80. The Morgan fingerprint density at radius 1 is 1.30 bits per heavy atom. The highest BCUT2D eigenvalue weighted by molar-refractivity contribution is 5.93. The monoisotopic (exact) mass is 319 g/mol. The van der Waals surface area contributed by atoms with Crippen LogP contribution in [-0.4, -0.2) is 38.2 Å². The van der Waals surface area contributed by atoms with Crippen LogP contribution in [0, 0.1) is 0 Å². The SMILES string of the molecule is CCOCCCNC(=O)NCc1ccc2c(c1)CCN2C(C)=O. The Labute approximate surface area is 137 Å². The van der Waals surface area contributed by atoms with Crippen LogP contribution < -0.4 is 15.5 Å². The quantitative estimate of drug-likeness (QED) is 0.753. The molecule has 0 bridgehead atoms. The smallest absolute Gasteiger partial charge is 0.315 e. The third kappa shape index (κ3) is 4.96. The van der Waals surface area contributed by atoms with Gasteiger partial charge in [-0.15, -0.1) is 0 Å². The van der Waals surface area contributed by atoms with Gasteiger partial charge in [0.25, 0.3) is 0 Å². The first kappa shape index (κ1) is 17.3. The van der Waals surface area contributed by atoms with Gasteiger partial charge in [-0.05, 0) is 37.0 Å². The molecule has 1 heterocycles. The minimum atomic E-state index is -0.174. The molecular weight excluding hydrogens is 294 g/mol. The van der Waals surface area contributed by atoms with Gasteiger partial charge in [-0.3, -0.25) is 4.79 Å². The minimum Gasteiger partial charge on any atom is -0.382 e. The maximum absolute atomic E-state index is 11.7. The average molecular weight is 319 g/mol. The van der Waals surface area contributed by atoms with Crippen molar-refractivity contribution in [3.63, 3.8) is 0 Å². The Morgan fingerprint density at radius 2 is 2.13 bits per heavy atom. The van der Waals surface area contributed by atoms with Crippen LogP contribution >= 0.6 is 0 Å². The molecule has 0 saturated heterocycles. The van der Waals surface area contributed by atoms with E-state index in [0.717, 1.165) is 36.2 Å². The predicted molar refractivity (Wildman–Crippen MR) is 89.5 cm³/mol. The number of anilines is 1. The molecule has 1 aromatic rings. The summed E-state index contributed by atoms with van der Waals surface area (Å²) in [4.78, 5) is 25.0. The molecule has 6 heteroatoms. The summed E-state index contributed by atoms with van der Waals surface area (Å²) in [5.74, 6) is 0.0704. The number of nitrogens with zero attached hydrogens (tertiary/aromatic N) is 1. The molecule has 0 saturated carbocycles. The Balaban J connectivity index is 1.76. The number of hydrogen-bond acceptors (Lipinski definition) is 3. The standard InChI is InChI=1S/C17H25N3O3/c1-3-23-10-4-8-18-17(22)19-12-14-5-6-16-15(11-14)7-9-20(16)13(2)21/h5-6,11H,3-4,7-10,12H2,1-2H3,(H2,18,19,22). The second-order valence-corrected chi connectivity index (χ2v) is 5.54. The van der Waals surface area contributed by atoms with Crippen LogP contribution in [0.3, 0.4) is 0 Å². The van der Waals surface area contributed by atoms with Gasteiger partial charge in [-0.2, -0.15) is 0 Å². The van der Waals surface area contributed by atoms with E-state index in [4.69, 9.17) is 4.74 Å². The summed E-state index contributed by atoms with van der Waals surface area (Å²) in [6.45, 7) is 6.71. The minimum absolute atomic E-state index is 0.0704. The molecule has 23 heavy (non-hydrogen) atoms. The molecule has 2 N–H and O–H groups in total. The zero-order valence-electron chi connectivity index (χ0n) is 13.9. The number of urea groups is 1. The van der Waals surface area contributed by atoms with Crippen LogP contribution in [-0.2, 0) is 22.5 Å². The molecule has 6 nitrogen and oxygen atoms in total. The van der Waals surface area contributed by atoms with Gasteiger partial charge in [0, 0.05) is 45.5 Å². The van der Waals surface area contributed by atoms with E-state index in [1.54, 1.807) is 11.8 Å². The molecule has 0 aromatic heterocycles. The lowest BCUT2D eigenvalue weighted by molar-refractivity contribution is -0.116. The van der Waals surface area contributed by atoms with Crippen molar-refractivity contribution in [2.24, 2.45) is 0 Å². The van der Waals surface area contributed by atoms with Crippen molar-refractivity contribution in [1.29, 1.82) is 0 Å². The van der Waals surface area contributed by atoms with E-state index in [1.807, 2.05) is 19.1 Å². The highest BCUT2D eigenvalue weighted by Gasteiger charge is 2.21. The van der Waals surface area contributed by atoms with E-state index in [-0.39, 0.29) is 11.9 Å². The number of carbonyl (C=O) groups is 2. The molecule has 1 aliphatic rings. The van der Waals surface area contributed by atoms with E-state index >= 15 is 0 Å². The molecule has 0 atom stereocenters. The van der Waals surface area contributed by atoms with Gasteiger partial charge in [-0.25, -0.2) is 4.79 Å². The number of fused-ring (bicyclic) bond motifs is 1. The molecule has 0 radical (unpaired) electrons. The highest BCUT2D eigenvalue weighted by Crippen LogP contribution is 2.28. The lowest BCUT2D eigenvalue weighted by Gasteiger charge is -2.15. The number of benzene rings is 1. The number of hydrogen-bond donors (Lipinski definition) is 2. The predicted octanol–water partition coefficient (Wildman–Crippen LogP) is 1.82. The first-order chi connectivity index (χ1) is 11.1. The fourth-order valence-corrected chi connectivity index (χ4v) is 2.66. The zero-order chi connectivity index (χ0) is 16.7. The van der Waals surface area contributed by atoms with Gasteiger partial charge in [0.2, 0.25) is 5.91 Å². The second kappa shape index (κ2) is 8.53. The van der Waals surface area contributed by atoms with Crippen molar-refractivity contribution in [3.8, 4) is 0 Å². The van der Waals surface area contributed by atoms with Crippen LogP contribution in [0.5, 0.6) is 0 Å². The summed E-state index contributed by atoms with van der Waals surface area (Å²) >= 11 is 0. The lowest BCUT2D eigenvalue weighted by atomic mass is 10.1. The van der Waals surface area contributed by atoms with Crippen LogP contribution in [0.2, 0.25) is 0 Å². The third-order valence-electron chi connectivity index (χ3n) is 3.83. The van der Waals surface area contributed by atoms with Gasteiger partial charge >= 0.3 is 6.03 Å².